The summed E-state index contributed by atoms with van der Waals surface area (Å²) < 4.78 is 0. The van der Waals surface area contributed by atoms with Crippen LogP contribution in [0.4, 0.5) is 5.69 Å². The molecule has 1 aromatic rings. The molecule has 2 rings (SSSR count). The summed E-state index contributed by atoms with van der Waals surface area (Å²) in [5, 5.41) is 9.87. The number of aromatic hydroxyl groups is 1. The van der Waals surface area contributed by atoms with Crippen LogP contribution in [-0.4, -0.2) is 49.0 Å². The van der Waals surface area contributed by atoms with Gasteiger partial charge in [0.05, 0.1) is 5.56 Å². The number of likely N-dealkylation sites (tertiary alicyclic amines) is 1. The lowest BCUT2D eigenvalue weighted by Gasteiger charge is -2.27. The third-order valence-electron chi connectivity index (χ3n) is 3.96. The van der Waals surface area contributed by atoms with Gasteiger partial charge in [0.2, 0.25) is 0 Å². The first-order valence-electron chi connectivity index (χ1n) is 6.74. The molecule has 1 unspecified atom stereocenters. The van der Waals surface area contributed by atoms with Crippen LogP contribution in [0.3, 0.4) is 0 Å². The number of phenolic OH excluding ortho intramolecular Hbond substituents is 1. The summed E-state index contributed by atoms with van der Waals surface area (Å²) in [6.07, 6.45) is 2.47. The second-order valence-corrected chi connectivity index (χ2v) is 5.41. The number of carbonyl (C=O) groups is 1. The Balaban J connectivity index is 2.09. The average molecular weight is 262 g/mol. The zero-order valence-corrected chi connectivity index (χ0v) is 11.9. The Hall–Kier alpha value is -1.55. The van der Waals surface area contributed by atoms with Crippen molar-refractivity contribution in [3.8, 4) is 5.75 Å². The molecule has 4 nitrogen and oxygen atoms in total. The summed E-state index contributed by atoms with van der Waals surface area (Å²) in [6.45, 7) is 3.56. The first-order chi connectivity index (χ1) is 8.99. The summed E-state index contributed by atoms with van der Waals surface area (Å²) in [5.74, 6) is -0.0427. The molecule has 1 saturated heterocycles. The van der Waals surface area contributed by atoms with Gasteiger partial charge in [-0.05, 0) is 45.5 Å². The van der Waals surface area contributed by atoms with E-state index in [0.29, 0.717) is 11.6 Å². The number of ketones is 1. The summed E-state index contributed by atoms with van der Waals surface area (Å²) >= 11 is 0. The fourth-order valence-corrected chi connectivity index (χ4v) is 2.69. The average Bonchev–Trinajstić information content (AvgIpc) is 2.74. The number of phenols is 1. The van der Waals surface area contributed by atoms with E-state index in [2.05, 4.69) is 16.8 Å². The van der Waals surface area contributed by atoms with Gasteiger partial charge in [-0.15, -0.1) is 0 Å². The lowest BCUT2D eigenvalue weighted by molar-refractivity contribution is 0.101. The minimum Gasteiger partial charge on any atom is -0.507 e. The molecule has 1 fully saturated rings. The number of Topliss-reactive ketones (excluding diaryl/α,β-unsaturated/α-hetero) is 1. The molecule has 0 spiro atoms. The van der Waals surface area contributed by atoms with E-state index in [9.17, 15) is 9.90 Å². The number of hydrogen-bond acceptors (Lipinski definition) is 4. The molecule has 104 valence electrons. The van der Waals surface area contributed by atoms with Crippen LogP contribution >= 0.6 is 0 Å². The Morgan fingerprint density at radius 2 is 2.26 bits per heavy atom. The van der Waals surface area contributed by atoms with E-state index in [-0.39, 0.29) is 11.5 Å². The Morgan fingerprint density at radius 1 is 1.53 bits per heavy atom. The van der Waals surface area contributed by atoms with Crippen molar-refractivity contribution in [2.75, 3.05) is 32.1 Å². The molecular formula is C15H22N2O2. The second kappa shape index (κ2) is 5.61. The van der Waals surface area contributed by atoms with Crippen molar-refractivity contribution in [2.24, 2.45) is 0 Å². The maximum atomic E-state index is 11.3. The van der Waals surface area contributed by atoms with E-state index in [0.717, 1.165) is 18.8 Å². The van der Waals surface area contributed by atoms with Crippen molar-refractivity contribution >= 4 is 11.5 Å². The molecule has 4 heteroatoms. The van der Waals surface area contributed by atoms with Crippen LogP contribution in [0.1, 0.15) is 30.1 Å². The van der Waals surface area contributed by atoms with Gasteiger partial charge in [-0.2, -0.15) is 0 Å². The number of hydrogen-bond donors (Lipinski definition) is 1. The molecule has 1 aliphatic heterocycles. The van der Waals surface area contributed by atoms with Crippen molar-refractivity contribution in [2.45, 2.75) is 25.8 Å². The van der Waals surface area contributed by atoms with E-state index in [1.807, 2.05) is 13.1 Å². The molecule has 0 bridgehead atoms. The maximum absolute atomic E-state index is 11.3. The first kappa shape index (κ1) is 13.9. The van der Waals surface area contributed by atoms with E-state index in [1.54, 1.807) is 12.1 Å². The monoisotopic (exact) mass is 262 g/mol. The Labute approximate surface area is 114 Å². The molecule has 0 amide bonds. The van der Waals surface area contributed by atoms with E-state index in [1.165, 1.54) is 19.8 Å². The van der Waals surface area contributed by atoms with Crippen LogP contribution in [0.5, 0.6) is 5.75 Å². The molecule has 1 aromatic carbocycles. The summed E-state index contributed by atoms with van der Waals surface area (Å²) in [6, 6.07) is 5.83. The minimum atomic E-state index is -0.109. The number of benzene rings is 1. The van der Waals surface area contributed by atoms with Gasteiger partial charge in [-0.3, -0.25) is 4.79 Å². The molecule has 1 heterocycles. The largest absolute Gasteiger partial charge is 0.507 e. The molecule has 0 saturated carbocycles. The van der Waals surface area contributed by atoms with E-state index < -0.39 is 0 Å². The van der Waals surface area contributed by atoms with E-state index in [4.69, 9.17) is 0 Å². The van der Waals surface area contributed by atoms with Gasteiger partial charge >= 0.3 is 0 Å². The third kappa shape index (κ3) is 3.07. The molecule has 0 aromatic heterocycles. The van der Waals surface area contributed by atoms with Gasteiger partial charge in [0, 0.05) is 31.4 Å². The lowest BCUT2D eigenvalue weighted by atomic mass is 10.1. The van der Waals surface area contributed by atoms with Gasteiger partial charge in [-0.1, -0.05) is 0 Å². The van der Waals surface area contributed by atoms with Crippen molar-refractivity contribution < 1.29 is 9.90 Å². The molecular weight excluding hydrogens is 240 g/mol. The zero-order valence-electron chi connectivity index (χ0n) is 11.9. The normalized spacial score (nSPS) is 19.6. The highest BCUT2D eigenvalue weighted by atomic mass is 16.3. The molecule has 0 aliphatic carbocycles. The van der Waals surface area contributed by atoms with Crippen molar-refractivity contribution in [1.82, 2.24) is 4.90 Å². The molecule has 19 heavy (non-hydrogen) atoms. The van der Waals surface area contributed by atoms with Crippen LogP contribution in [0.15, 0.2) is 18.2 Å². The smallest absolute Gasteiger partial charge is 0.163 e. The molecule has 0 radical (unpaired) electrons. The fraction of sp³-hybridized carbons (Fsp3) is 0.533. The fourth-order valence-electron chi connectivity index (χ4n) is 2.69. The Kier molecular flexibility index (Phi) is 4.10. The standard InChI is InChI=1S/C15H22N2O2/c1-11(18)14-7-6-12(9-15(14)19)17(3)10-13-5-4-8-16(13)2/h6-7,9,13,19H,4-5,8,10H2,1-3H3. The topological polar surface area (TPSA) is 43.8 Å². The lowest BCUT2D eigenvalue weighted by Crippen LogP contribution is -2.36. The quantitative estimate of drug-likeness (QED) is 0.844. The Bertz CT molecular complexity index is 473. The number of carbonyl (C=O) groups excluding carboxylic acids is 1. The van der Waals surface area contributed by atoms with Crippen LogP contribution in [0, 0.1) is 0 Å². The second-order valence-electron chi connectivity index (χ2n) is 5.41. The number of likely N-dealkylation sites (N-methyl/N-ethyl adjacent to an activating group) is 2. The molecule has 1 atom stereocenters. The number of rotatable bonds is 4. The number of anilines is 1. The van der Waals surface area contributed by atoms with Gasteiger partial charge in [0.25, 0.3) is 0 Å². The van der Waals surface area contributed by atoms with Crippen molar-refractivity contribution in [3.63, 3.8) is 0 Å². The maximum Gasteiger partial charge on any atom is 0.163 e. The van der Waals surface area contributed by atoms with Gasteiger partial charge in [0.15, 0.2) is 5.78 Å². The molecule has 1 N–H and O–H groups in total. The van der Waals surface area contributed by atoms with Crippen LogP contribution < -0.4 is 4.90 Å². The Morgan fingerprint density at radius 3 is 2.79 bits per heavy atom. The number of nitrogens with zero attached hydrogens (tertiary/aromatic N) is 2. The highest BCUT2D eigenvalue weighted by molar-refractivity contribution is 5.97. The van der Waals surface area contributed by atoms with Crippen molar-refractivity contribution in [1.29, 1.82) is 0 Å². The zero-order chi connectivity index (χ0) is 14.0. The molecule has 1 aliphatic rings. The van der Waals surface area contributed by atoms with Crippen LogP contribution in [0.2, 0.25) is 0 Å². The first-order valence-corrected chi connectivity index (χ1v) is 6.74. The van der Waals surface area contributed by atoms with Crippen molar-refractivity contribution in [3.05, 3.63) is 23.8 Å². The predicted octanol–water partition coefficient (Wildman–Crippen LogP) is 2.13. The summed E-state index contributed by atoms with van der Waals surface area (Å²) in [5.41, 5.74) is 1.33. The van der Waals surface area contributed by atoms with Gasteiger partial charge in [-0.25, -0.2) is 0 Å². The highest BCUT2D eigenvalue weighted by Gasteiger charge is 2.22. The summed E-state index contributed by atoms with van der Waals surface area (Å²) in [7, 11) is 4.18. The summed E-state index contributed by atoms with van der Waals surface area (Å²) in [4.78, 5) is 15.8. The van der Waals surface area contributed by atoms with E-state index >= 15 is 0 Å². The van der Waals surface area contributed by atoms with Gasteiger partial charge < -0.3 is 14.9 Å². The SMILES string of the molecule is CC(=O)c1ccc(N(C)CC2CCCN2C)cc1O. The van der Waals surface area contributed by atoms with Crippen LogP contribution in [-0.2, 0) is 0 Å². The van der Waals surface area contributed by atoms with Gasteiger partial charge in [0.1, 0.15) is 5.75 Å². The van der Waals surface area contributed by atoms with Crippen LogP contribution in [0.25, 0.3) is 0 Å². The third-order valence-corrected chi connectivity index (χ3v) is 3.96. The highest BCUT2D eigenvalue weighted by Crippen LogP contribution is 2.26. The predicted molar refractivity (Wildman–Crippen MR) is 77.0 cm³/mol. The minimum absolute atomic E-state index is 0.0663.